The Morgan fingerprint density at radius 1 is 1.19 bits per heavy atom. The molecule has 1 atom stereocenters. The second-order valence-electron chi connectivity index (χ2n) is 7.29. The Hall–Kier alpha value is -1.30. The number of alkyl carbamates (subject to hydrolysis) is 1. The van der Waals surface area contributed by atoms with Crippen LogP contribution < -0.4 is 11.1 Å². The number of rotatable bonds is 4. The molecule has 21 heavy (non-hydrogen) atoms. The first-order valence-corrected chi connectivity index (χ1v) is 7.30. The molecular weight excluding hydrogens is 272 g/mol. The second kappa shape index (κ2) is 5.83. The fourth-order valence-corrected chi connectivity index (χ4v) is 2.68. The van der Waals surface area contributed by atoms with Crippen molar-refractivity contribution in [1.29, 1.82) is 0 Å². The van der Waals surface area contributed by atoms with Crippen LogP contribution >= 0.6 is 0 Å². The SMILES string of the molecule is COC(=O)C(N)C(C)(C)C1(NC(=O)OC(C)(C)C)CCC1. The Bertz CT molecular complexity index is 408. The van der Waals surface area contributed by atoms with E-state index >= 15 is 0 Å². The van der Waals surface area contributed by atoms with Crippen LogP contribution in [0.25, 0.3) is 0 Å². The maximum Gasteiger partial charge on any atom is 0.408 e. The number of amides is 1. The minimum Gasteiger partial charge on any atom is -0.468 e. The Balaban J connectivity index is 2.89. The summed E-state index contributed by atoms with van der Waals surface area (Å²) in [6.45, 7) is 9.19. The Labute approximate surface area is 126 Å². The monoisotopic (exact) mass is 300 g/mol. The van der Waals surface area contributed by atoms with Crippen molar-refractivity contribution in [2.45, 2.75) is 71.1 Å². The molecule has 0 aromatic carbocycles. The van der Waals surface area contributed by atoms with E-state index in [1.165, 1.54) is 7.11 Å². The van der Waals surface area contributed by atoms with Crippen molar-refractivity contribution < 1.29 is 19.1 Å². The normalized spacial score (nSPS) is 19.2. The highest BCUT2D eigenvalue weighted by molar-refractivity contribution is 5.77. The van der Waals surface area contributed by atoms with Crippen molar-refractivity contribution in [2.24, 2.45) is 11.1 Å². The third-order valence-electron chi connectivity index (χ3n) is 4.41. The Morgan fingerprint density at radius 2 is 1.71 bits per heavy atom. The van der Waals surface area contributed by atoms with Gasteiger partial charge >= 0.3 is 12.1 Å². The van der Waals surface area contributed by atoms with Gasteiger partial charge in [0.15, 0.2) is 0 Å². The number of ether oxygens (including phenoxy) is 2. The Kier molecular flexibility index (Phi) is 4.93. The number of carbonyl (C=O) groups is 2. The molecule has 1 fully saturated rings. The van der Waals surface area contributed by atoms with Crippen molar-refractivity contribution in [3.8, 4) is 0 Å². The molecule has 0 aromatic heterocycles. The molecule has 1 aliphatic carbocycles. The van der Waals surface area contributed by atoms with E-state index in [1.54, 1.807) is 0 Å². The summed E-state index contributed by atoms with van der Waals surface area (Å²) in [4.78, 5) is 23.9. The first-order chi connectivity index (χ1) is 9.45. The van der Waals surface area contributed by atoms with Crippen molar-refractivity contribution in [1.82, 2.24) is 5.32 Å². The minimum absolute atomic E-state index is 0.475. The van der Waals surface area contributed by atoms with Gasteiger partial charge in [0.05, 0.1) is 12.6 Å². The van der Waals surface area contributed by atoms with Crippen molar-refractivity contribution in [2.75, 3.05) is 7.11 Å². The minimum atomic E-state index is -0.808. The third-order valence-corrected chi connectivity index (χ3v) is 4.41. The molecule has 0 saturated heterocycles. The summed E-state index contributed by atoms with van der Waals surface area (Å²) in [7, 11) is 1.31. The highest BCUT2D eigenvalue weighted by atomic mass is 16.6. The van der Waals surface area contributed by atoms with Gasteiger partial charge in [0, 0.05) is 5.41 Å². The fourth-order valence-electron chi connectivity index (χ4n) is 2.68. The summed E-state index contributed by atoms with van der Waals surface area (Å²) < 4.78 is 10.1. The van der Waals surface area contributed by atoms with E-state index in [0.29, 0.717) is 0 Å². The summed E-state index contributed by atoms with van der Waals surface area (Å²) in [5, 5.41) is 2.94. The van der Waals surface area contributed by atoms with Gasteiger partial charge in [0.1, 0.15) is 11.6 Å². The largest absolute Gasteiger partial charge is 0.468 e. The molecule has 3 N–H and O–H groups in total. The van der Waals surface area contributed by atoms with Gasteiger partial charge in [-0.3, -0.25) is 4.79 Å². The molecule has 0 heterocycles. The predicted octanol–water partition coefficient (Wildman–Crippen LogP) is 1.96. The fraction of sp³-hybridized carbons (Fsp3) is 0.867. The van der Waals surface area contributed by atoms with Crippen molar-refractivity contribution in [3.63, 3.8) is 0 Å². The molecule has 1 unspecified atom stereocenters. The van der Waals surface area contributed by atoms with E-state index in [1.807, 2.05) is 34.6 Å². The zero-order chi connectivity index (χ0) is 16.5. The molecule has 0 bridgehead atoms. The van der Waals surface area contributed by atoms with Crippen LogP contribution in [0, 0.1) is 5.41 Å². The number of hydrogen-bond acceptors (Lipinski definition) is 5. The van der Waals surface area contributed by atoms with Gasteiger partial charge in [-0.05, 0) is 40.0 Å². The molecule has 6 heteroatoms. The van der Waals surface area contributed by atoms with Crippen LogP contribution in [0.3, 0.4) is 0 Å². The van der Waals surface area contributed by atoms with Crippen LogP contribution in [0.15, 0.2) is 0 Å². The summed E-state index contributed by atoms with van der Waals surface area (Å²) in [6, 6.07) is -0.808. The van der Waals surface area contributed by atoms with Gasteiger partial charge in [-0.15, -0.1) is 0 Å². The van der Waals surface area contributed by atoms with Gasteiger partial charge < -0.3 is 20.5 Å². The molecular formula is C15H28N2O4. The number of nitrogens with two attached hydrogens (primary N) is 1. The summed E-state index contributed by atoms with van der Waals surface area (Å²) in [6.07, 6.45) is 2.04. The van der Waals surface area contributed by atoms with Gasteiger partial charge in [0.2, 0.25) is 0 Å². The predicted molar refractivity (Wildman–Crippen MR) is 79.7 cm³/mol. The molecule has 0 spiro atoms. The lowest BCUT2D eigenvalue weighted by Crippen LogP contribution is -2.68. The van der Waals surface area contributed by atoms with E-state index in [0.717, 1.165) is 19.3 Å². The number of nitrogens with one attached hydrogen (secondary N) is 1. The second-order valence-corrected chi connectivity index (χ2v) is 7.29. The number of esters is 1. The lowest BCUT2D eigenvalue weighted by Gasteiger charge is -2.54. The number of methoxy groups -OCH3 is 1. The van der Waals surface area contributed by atoms with E-state index in [4.69, 9.17) is 15.2 Å². The summed E-state index contributed by atoms with van der Waals surface area (Å²) in [5.74, 6) is -0.475. The van der Waals surface area contributed by atoms with Gasteiger partial charge in [-0.2, -0.15) is 0 Å². The molecule has 0 radical (unpaired) electrons. The molecule has 1 amide bonds. The number of hydrogen-bond donors (Lipinski definition) is 2. The van der Waals surface area contributed by atoms with Gasteiger partial charge in [0.25, 0.3) is 0 Å². The third kappa shape index (κ3) is 3.67. The lowest BCUT2D eigenvalue weighted by molar-refractivity contribution is -0.148. The van der Waals surface area contributed by atoms with Crippen LogP contribution in [0.1, 0.15) is 53.9 Å². The molecule has 1 saturated carbocycles. The topological polar surface area (TPSA) is 90.6 Å². The maximum atomic E-state index is 12.1. The standard InChI is InChI=1S/C15H28N2O4/c1-13(2,3)21-12(19)17-15(8-7-9-15)14(4,5)10(16)11(18)20-6/h10H,7-9,16H2,1-6H3,(H,17,19). The average molecular weight is 300 g/mol. The van der Waals surface area contributed by atoms with E-state index in [2.05, 4.69) is 5.32 Å². The Morgan fingerprint density at radius 3 is 2.05 bits per heavy atom. The molecule has 0 aromatic rings. The van der Waals surface area contributed by atoms with E-state index in [-0.39, 0.29) is 0 Å². The number of carbonyl (C=O) groups excluding carboxylic acids is 2. The van der Waals surface area contributed by atoms with Crippen molar-refractivity contribution >= 4 is 12.1 Å². The van der Waals surface area contributed by atoms with Gasteiger partial charge in [-0.25, -0.2) is 4.79 Å². The highest BCUT2D eigenvalue weighted by Crippen LogP contribution is 2.47. The van der Waals surface area contributed by atoms with Crippen LogP contribution in [-0.4, -0.2) is 36.4 Å². The molecule has 1 rings (SSSR count). The molecule has 6 nitrogen and oxygen atoms in total. The summed E-state index contributed by atoms with van der Waals surface area (Å²) in [5.41, 5.74) is 4.30. The van der Waals surface area contributed by atoms with Gasteiger partial charge in [-0.1, -0.05) is 13.8 Å². The lowest BCUT2D eigenvalue weighted by atomic mass is 9.57. The first-order valence-electron chi connectivity index (χ1n) is 7.30. The maximum absolute atomic E-state index is 12.1. The quantitative estimate of drug-likeness (QED) is 0.774. The zero-order valence-corrected chi connectivity index (χ0v) is 13.9. The highest BCUT2D eigenvalue weighted by Gasteiger charge is 2.55. The first kappa shape index (κ1) is 17.8. The smallest absolute Gasteiger partial charge is 0.408 e. The molecule has 0 aliphatic heterocycles. The molecule has 1 aliphatic rings. The molecule has 122 valence electrons. The van der Waals surface area contributed by atoms with Crippen molar-refractivity contribution in [3.05, 3.63) is 0 Å². The zero-order valence-electron chi connectivity index (χ0n) is 13.9. The van der Waals surface area contributed by atoms with Crippen LogP contribution in [0.4, 0.5) is 4.79 Å². The van der Waals surface area contributed by atoms with Crippen LogP contribution in [-0.2, 0) is 14.3 Å². The van der Waals surface area contributed by atoms with Crippen LogP contribution in [0.2, 0.25) is 0 Å². The average Bonchev–Trinajstić information content (AvgIpc) is 2.29. The van der Waals surface area contributed by atoms with E-state index in [9.17, 15) is 9.59 Å². The summed E-state index contributed by atoms with van der Waals surface area (Å²) >= 11 is 0. The van der Waals surface area contributed by atoms with Crippen LogP contribution in [0.5, 0.6) is 0 Å². The van der Waals surface area contributed by atoms with E-state index < -0.39 is 34.7 Å².